The maximum atomic E-state index is 13.9. The number of aliphatic hydroxyl groups excluding tert-OH is 2. The van der Waals surface area contributed by atoms with Crippen molar-refractivity contribution in [2.24, 2.45) is 23.7 Å². The lowest BCUT2D eigenvalue weighted by Crippen LogP contribution is -2.60. The molecule has 0 spiro atoms. The number of benzene rings is 1. The van der Waals surface area contributed by atoms with E-state index < -0.39 is 77.8 Å². The average molecular weight is 840 g/mol. The predicted octanol–water partition coefficient (Wildman–Crippen LogP) is 5.31. The van der Waals surface area contributed by atoms with Crippen LogP contribution in [0, 0.1) is 23.7 Å². The van der Waals surface area contributed by atoms with E-state index in [-0.39, 0.29) is 50.8 Å². The average Bonchev–Trinajstić information content (AvgIpc) is 3.22. The van der Waals surface area contributed by atoms with Gasteiger partial charge in [-0.05, 0) is 96.3 Å². The summed E-state index contributed by atoms with van der Waals surface area (Å²) in [6, 6.07) is 9.45. The van der Waals surface area contributed by atoms with Gasteiger partial charge in [0.05, 0.1) is 54.7 Å². The third kappa shape index (κ3) is 10.9. The lowest BCUT2D eigenvalue weighted by Gasteiger charge is -2.48. The maximum Gasteiger partial charge on any atom is 0.407 e. The second-order valence-corrected chi connectivity index (χ2v) is 18.0. The first-order valence-corrected chi connectivity index (χ1v) is 21.4. The fraction of sp³-hybridized carbons (Fsp3) is 0.674. The van der Waals surface area contributed by atoms with E-state index in [4.69, 9.17) is 28.4 Å². The van der Waals surface area contributed by atoms with E-state index >= 15 is 0 Å². The number of nitrogens with zero attached hydrogens (tertiary/aromatic N) is 2. The Morgan fingerprint density at radius 3 is 2.50 bits per heavy atom. The molecule has 3 aliphatic heterocycles. The number of nitrogens with one attached hydrogen (secondary N) is 1. The molecule has 3 aliphatic rings. The van der Waals surface area contributed by atoms with Crippen molar-refractivity contribution in [1.82, 2.24) is 15.2 Å². The number of hydrogen-bond acceptors (Lipinski definition) is 13. The molecular formula is C46H69N3O11. The fourth-order valence-electron chi connectivity index (χ4n) is 9.42. The van der Waals surface area contributed by atoms with Gasteiger partial charge in [-0.1, -0.05) is 58.0 Å². The molecule has 334 valence electrons. The van der Waals surface area contributed by atoms with Gasteiger partial charge in [0.1, 0.15) is 24.4 Å². The van der Waals surface area contributed by atoms with Crippen LogP contribution in [0.1, 0.15) is 80.2 Å². The molecule has 3 saturated heterocycles. The van der Waals surface area contributed by atoms with Gasteiger partial charge in [-0.3, -0.25) is 9.78 Å². The molecule has 1 aromatic carbocycles. The zero-order valence-electron chi connectivity index (χ0n) is 37.1. The van der Waals surface area contributed by atoms with Crippen LogP contribution >= 0.6 is 0 Å². The molecule has 14 atom stereocenters. The molecule has 0 radical (unpaired) electrons. The minimum absolute atomic E-state index is 0.0163. The summed E-state index contributed by atoms with van der Waals surface area (Å²) in [6.07, 6.45) is -2.48. The predicted molar refractivity (Wildman–Crippen MR) is 227 cm³/mol. The number of esters is 1. The van der Waals surface area contributed by atoms with Crippen LogP contribution in [-0.4, -0.2) is 131 Å². The van der Waals surface area contributed by atoms with Crippen LogP contribution in [0.2, 0.25) is 0 Å². The monoisotopic (exact) mass is 839 g/mol. The Morgan fingerprint density at radius 2 is 1.80 bits per heavy atom. The van der Waals surface area contributed by atoms with Crippen molar-refractivity contribution in [3.63, 3.8) is 0 Å². The number of amides is 1. The van der Waals surface area contributed by atoms with Gasteiger partial charge in [0.15, 0.2) is 6.29 Å². The third-order valence-corrected chi connectivity index (χ3v) is 12.9. The van der Waals surface area contributed by atoms with E-state index in [1.54, 1.807) is 27.0 Å². The molecule has 2 aromatic rings. The number of cyclic esters (lactones) is 1. The summed E-state index contributed by atoms with van der Waals surface area (Å²) in [7, 11) is 3.79. The second kappa shape index (κ2) is 20.1. The molecule has 1 aromatic heterocycles. The summed E-state index contributed by atoms with van der Waals surface area (Å²) < 4.78 is 38.3. The van der Waals surface area contributed by atoms with Crippen LogP contribution in [0.4, 0.5) is 4.79 Å². The molecule has 4 heterocycles. The third-order valence-electron chi connectivity index (χ3n) is 12.9. The van der Waals surface area contributed by atoms with Gasteiger partial charge in [-0.15, -0.1) is 0 Å². The van der Waals surface area contributed by atoms with E-state index in [9.17, 15) is 24.9 Å². The molecule has 5 rings (SSSR count). The van der Waals surface area contributed by atoms with Gasteiger partial charge in [0.25, 0.3) is 0 Å². The normalized spacial score (nSPS) is 38.1. The van der Waals surface area contributed by atoms with E-state index in [0.717, 1.165) is 22.0 Å². The molecule has 1 amide bonds. The number of rotatable bonds is 8. The van der Waals surface area contributed by atoms with Crippen molar-refractivity contribution >= 4 is 23.0 Å². The number of aromatic nitrogens is 1. The molecule has 0 saturated carbocycles. The van der Waals surface area contributed by atoms with Crippen LogP contribution in [0.3, 0.4) is 0 Å². The van der Waals surface area contributed by atoms with Gasteiger partial charge in [-0.2, -0.15) is 0 Å². The molecule has 2 unspecified atom stereocenters. The molecule has 3 fully saturated rings. The van der Waals surface area contributed by atoms with E-state index in [1.165, 1.54) is 0 Å². The smallest absolute Gasteiger partial charge is 0.407 e. The van der Waals surface area contributed by atoms with E-state index in [2.05, 4.69) is 16.9 Å². The number of aliphatic hydroxyl groups is 3. The standard InChI is InChI=1S/C46H69N3O11/c1-12-37-46(9,54)41-29(5)34(17-18-55-44(53)48-23-32-20-33-15-13-14-16-35(33)47-22-32)27(3)21-45(8,57-25-26(2)24-56-41)40(30(6)38(50)31(7)42(52)59-37)60-43-39(51)36(49(10)11)19-28(4)58-43/h13-17,20,22,27-31,36-41,43,50-51,54H,2,12,18-19,21,23-25H2,1,3-11H3,(H,48,53)/b34-17+/t27-,28-,29+,30+,31-,36+,37-,38+,39-,40-,41?,43?,45-,46-/m1/s1. The summed E-state index contributed by atoms with van der Waals surface area (Å²) in [5.74, 6) is -3.32. The highest BCUT2D eigenvalue weighted by atomic mass is 16.7. The zero-order valence-corrected chi connectivity index (χ0v) is 37.1. The summed E-state index contributed by atoms with van der Waals surface area (Å²) >= 11 is 0. The first-order chi connectivity index (χ1) is 28.3. The van der Waals surface area contributed by atoms with Gasteiger partial charge in [0, 0.05) is 36.0 Å². The van der Waals surface area contributed by atoms with Gasteiger partial charge in [-0.25, -0.2) is 4.79 Å². The quantitative estimate of drug-likeness (QED) is 0.199. The Bertz CT molecular complexity index is 1820. The second-order valence-electron chi connectivity index (χ2n) is 18.0. The number of para-hydroxylation sites is 1. The Balaban J connectivity index is 1.53. The number of pyridine rings is 1. The number of carbonyl (C=O) groups is 2. The van der Waals surface area contributed by atoms with E-state index in [0.29, 0.717) is 18.4 Å². The van der Waals surface area contributed by atoms with Crippen LogP contribution in [0.5, 0.6) is 0 Å². The van der Waals surface area contributed by atoms with Crippen LogP contribution in [-0.2, 0) is 39.8 Å². The minimum atomic E-state index is -1.71. The lowest BCUT2D eigenvalue weighted by molar-refractivity contribution is -0.303. The summed E-state index contributed by atoms with van der Waals surface area (Å²) in [6.45, 7) is 19.0. The van der Waals surface area contributed by atoms with Crippen molar-refractivity contribution < 1.29 is 53.3 Å². The van der Waals surface area contributed by atoms with E-state index in [1.807, 2.05) is 90.0 Å². The molecule has 2 bridgehead atoms. The number of ether oxygens (including phenoxy) is 6. The van der Waals surface area contributed by atoms with Gasteiger partial charge in [0.2, 0.25) is 0 Å². The highest BCUT2D eigenvalue weighted by molar-refractivity contribution is 5.79. The lowest BCUT2D eigenvalue weighted by atomic mass is 9.72. The zero-order chi connectivity index (χ0) is 44.1. The highest BCUT2D eigenvalue weighted by Crippen LogP contribution is 2.43. The minimum Gasteiger partial charge on any atom is -0.459 e. The molecule has 14 heteroatoms. The molecule has 60 heavy (non-hydrogen) atoms. The van der Waals surface area contributed by atoms with Gasteiger partial charge >= 0.3 is 12.1 Å². The molecule has 0 aliphatic carbocycles. The van der Waals surface area contributed by atoms with Crippen LogP contribution in [0.15, 0.2) is 60.3 Å². The summed E-state index contributed by atoms with van der Waals surface area (Å²) in [5.41, 5.74) is 0.147. The van der Waals surface area contributed by atoms with Crippen LogP contribution < -0.4 is 5.32 Å². The number of carbonyl (C=O) groups excluding carboxylic acids is 2. The highest BCUT2D eigenvalue weighted by Gasteiger charge is 2.52. The Hall–Kier alpha value is -3.47. The first kappa shape index (κ1) is 47.6. The first-order valence-electron chi connectivity index (χ1n) is 21.4. The van der Waals surface area contributed by atoms with Crippen molar-refractivity contribution in [3.8, 4) is 0 Å². The number of likely N-dealkylation sites (N-methyl/N-ethyl adjacent to an activating group) is 1. The number of alkyl carbamates (subject to hydrolysis) is 1. The molecule has 4 N–H and O–H groups in total. The number of fused-ring (bicyclic) bond motifs is 6. The summed E-state index contributed by atoms with van der Waals surface area (Å²) in [5, 5.41) is 39.9. The maximum absolute atomic E-state index is 13.9. The van der Waals surface area contributed by atoms with Crippen molar-refractivity contribution in [2.75, 3.05) is 33.9 Å². The molecular weight excluding hydrogens is 771 g/mol. The fourth-order valence-corrected chi connectivity index (χ4v) is 9.42. The Morgan fingerprint density at radius 1 is 1.08 bits per heavy atom. The molecule has 14 nitrogen and oxygen atoms in total. The largest absolute Gasteiger partial charge is 0.459 e. The Labute approximate surface area is 355 Å². The number of hydrogen-bond donors (Lipinski definition) is 4. The van der Waals surface area contributed by atoms with Crippen molar-refractivity contribution in [1.29, 1.82) is 0 Å². The summed E-state index contributed by atoms with van der Waals surface area (Å²) in [4.78, 5) is 33.4. The van der Waals surface area contributed by atoms with Crippen molar-refractivity contribution in [2.45, 2.75) is 141 Å². The van der Waals surface area contributed by atoms with Crippen molar-refractivity contribution in [3.05, 3.63) is 65.9 Å². The Kier molecular flexibility index (Phi) is 16.0. The topological polar surface area (TPSA) is 178 Å². The van der Waals surface area contributed by atoms with Crippen LogP contribution in [0.25, 0.3) is 10.9 Å². The van der Waals surface area contributed by atoms with Gasteiger partial charge < -0.3 is 54.0 Å². The SMILES string of the molecule is C=C1COC2[C@@H](C)/C(=C/COC(=O)NCc3cnc4ccccc4c3)[C@H](C)C[C@@](C)(OC1)[C@H](OC1O[C@H](C)C[C@H](N(C)C)[C@H]1O)[C@@H](C)[C@H](O)[C@@H](C)C(=O)O[C@H](CC)[C@@]2(C)O.